The zero-order chi connectivity index (χ0) is 13.6. The number of benzene rings is 1. The van der Waals surface area contributed by atoms with Gasteiger partial charge < -0.3 is 15.3 Å². The lowest BCUT2D eigenvalue weighted by Crippen LogP contribution is -2.47. The molecule has 0 atom stereocenters. The number of carbonyl (C=O) groups excluding carboxylic acids is 1. The average molecular weight is 325 g/mol. The van der Waals surface area contributed by atoms with E-state index in [4.69, 9.17) is 5.11 Å². The molecule has 0 aliphatic carbocycles. The van der Waals surface area contributed by atoms with Gasteiger partial charge in [-0.25, -0.2) is 4.79 Å². The van der Waals surface area contributed by atoms with Gasteiger partial charge in [0.05, 0.1) is 5.41 Å². The van der Waals surface area contributed by atoms with Crippen LogP contribution in [0.1, 0.15) is 18.4 Å². The van der Waals surface area contributed by atoms with Gasteiger partial charge in [-0.3, -0.25) is 4.79 Å². The summed E-state index contributed by atoms with van der Waals surface area (Å²) in [7, 11) is 0. The van der Waals surface area contributed by atoms with Gasteiger partial charge in [0.1, 0.15) is 0 Å². The maximum atomic E-state index is 12.3. The fourth-order valence-corrected chi connectivity index (χ4v) is 3.34. The largest absolute Gasteiger partial charge is 0.465 e. The Labute approximate surface area is 118 Å². The molecule has 2 aliphatic heterocycles. The van der Waals surface area contributed by atoms with Crippen molar-refractivity contribution in [2.24, 2.45) is 0 Å². The molecule has 1 saturated heterocycles. The smallest absolute Gasteiger partial charge is 0.407 e. The Kier molecular flexibility index (Phi) is 2.78. The first-order valence-electron chi connectivity index (χ1n) is 6.12. The van der Waals surface area contributed by atoms with Crippen LogP contribution in [-0.4, -0.2) is 35.1 Å². The first-order chi connectivity index (χ1) is 9.03. The molecule has 1 aromatic carbocycles. The Morgan fingerprint density at radius 2 is 2.05 bits per heavy atom. The highest BCUT2D eigenvalue weighted by Crippen LogP contribution is 2.45. The van der Waals surface area contributed by atoms with E-state index in [-0.39, 0.29) is 5.91 Å². The van der Waals surface area contributed by atoms with E-state index in [1.54, 1.807) is 0 Å². The van der Waals surface area contributed by atoms with E-state index in [0.717, 1.165) is 15.7 Å². The summed E-state index contributed by atoms with van der Waals surface area (Å²) >= 11 is 3.39. The fraction of sp³-hybridized carbons (Fsp3) is 0.385. The number of nitrogens with one attached hydrogen (secondary N) is 1. The molecule has 1 aromatic rings. The van der Waals surface area contributed by atoms with Crippen LogP contribution in [0.5, 0.6) is 0 Å². The van der Waals surface area contributed by atoms with E-state index in [1.165, 1.54) is 4.90 Å². The third-order valence-corrected chi connectivity index (χ3v) is 4.56. The van der Waals surface area contributed by atoms with Crippen LogP contribution in [0.3, 0.4) is 0 Å². The number of carbonyl (C=O) groups is 2. The van der Waals surface area contributed by atoms with Gasteiger partial charge in [-0.05, 0) is 30.5 Å². The van der Waals surface area contributed by atoms with Crippen molar-refractivity contribution in [2.75, 3.05) is 18.4 Å². The predicted molar refractivity (Wildman–Crippen MR) is 73.3 cm³/mol. The van der Waals surface area contributed by atoms with Crippen molar-refractivity contribution in [1.29, 1.82) is 0 Å². The number of likely N-dealkylation sites (tertiary alicyclic amines) is 1. The topological polar surface area (TPSA) is 69.6 Å². The van der Waals surface area contributed by atoms with Crippen molar-refractivity contribution in [3.63, 3.8) is 0 Å². The summed E-state index contributed by atoms with van der Waals surface area (Å²) in [6.45, 7) is 0.802. The van der Waals surface area contributed by atoms with Gasteiger partial charge in [-0.15, -0.1) is 0 Å². The molecule has 1 fully saturated rings. The normalized spacial score (nSPS) is 20.3. The molecule has 19 heavy (non-hydrogen) atoms. The maximum absolute atomic E-state index is 12.3. The number of halogens is 1. The van der Waals surface area contributed by atoms with Crippen LogP contribution in [0.15, 0.2) is 22.7 Å². The molecule has 2 heterocycles. The van der Waals surface area contributed by atoms with Gasteiger partial charge in [0, 0.05) is 23.2 Å². The zero-order valence-electron chi connectivity index (χ0n) is 10.1. The highest BCUT2D eigenvalue weighted by Gasteiger charge is 2.48. The Bertz CT molecular complexity index is 565. The molecular formula is C13H13BrN2O3. The monoisotopic (exact) mass is 324 g/mol. The first-order valence-corrected chi connectivity index (χ1v) is 6.92. The van der Waals surface area contributed by atoms with Crippen molar-refractivity contribution in [3.8, 4) is 0 Å². The summed E-state index contributed by atoms with van der Waals surface area (Å²) < 4.78 is 0.923. The molecule has 3 rings (SSSR count). The van der Waals surface area contributed by atoms with Crippen LogP contribution in [0.25, 0.3) is 0 Å². The van der Waals surface area contributed by atoms with Gasteiger partial charge in [-0.1, -0.05) is 22.0 Å². The number of hydrogen-bond acceptors (Lipinski definition) is 2. The van der Waals surface area contributed by atoms with Gasteiger partial charge in [0.2, 0.25) is 5.91 Å². The highest BCUT2D eigenvalue weighted by atomic mass is 79.9. The van der Waals surface area contributed by atoms with E-state index < -0.39 is 11.5 Å². The first kappa shape index (κ1) is 12.5. The lowest BCUT2D eigenvalue weighted by molar-refractivity contribution is -0.122. The predicted octanol–water partition coefficient (Wildman–Crippen LogP) is 2.41. The number of fused-ring (bicyclic) bond motifs is 2. The molecular weight excluding hydrogens is 312 g/mol. The molecule has 1 spiro atoms. The molecule has 2 N–H and O–H groups in total. The Balaban J connectivity index is 1.94. The second-order valence-corrected chi connectivity index (χ2v) is 5.91. The van der Waals surface area contributed by atoms with Crippen molar-refractivity contribution in [1.82, 2.24) is 4.90 Å². The third-order valence-electron chi connectivity index (χ3n) is 4.07. The molecule has 6 heteroatoms. The van der Waals surface area contributed by atoms with Crippen LogP contribution in [0.2, 0.25) is 0 Å². The van der Waals surface area contributed by atoms with Crippen molar-refractivity contribution in [2.45, 2.75) is 18.3 Å². The van der Waals surface area contributed by atoms with Crippen LogP contribution in [0.4, 0.5) is 10.5 Å². The molecule has 2 amide bonds. The quantitative estimate of drug-likeness (QED) is 0.770. The van der Waals surface area contributed by atoms with Crippen molar-refractivity contribution < 1.29 is 14.7 Å². The van der Waals surface area contributed by atoms with E-state index >= 15 is 0 Å². The van der Waals surface area contributed by atoms with Crippen LogP contribution in [-0.2, 0) is 10.2 Å². The summed E-state index contributed by atoms with van der Waals surface area (Å²) in [5, 5.41) is 11.9. The Morgan fingerprint density at radius 3 is 2.68 bits per heavy atom. The lowest BCUT2D eigenvalue weighted by atomic mass is 9.74. The molecule has 0 unspecified atom stereocenters. The molecule has 0 saturated carbocycles. The fourth-order valence-electron chi connectivity index (χ4n) is 2.98. The van der Waals surface area contributed by atoms with Crippen molar-refractivity contribution in [3.05, 3.63) is 28.2 Å². The van der Waals surface area contributed by atoms with Crippen LogP contribution >= 0.6 is 15.9 Å². The number of anilines is 1. The maximum Gasteiger partial charge on any atom is 0.407 e. The number of piperidine rings is 1. The molecule has 0 bridgehead atoms. The second kappa shape index (κ2) is 4.23. The Hall–Kier alpha value is -1.56. The summed E-state index contributed by atoms with van der Waals surface area (Å²) in [6, 6.07) is 5.77. The summed E-state index contributed by atoms with van der Waals surface area (Å²) in [4.78, 5) is 24.6. The van der Waals surface area contributed by atoms with E-state index in [0.29, 0.717) is 25.9 Å². The van der Waals surface area contributed by atoms with Gasteiger partial charge in [0.25, 0.3) is 0 Å². The van der Waals surface area contributed by atoms with Crippen molar-refractivity contribution >= 4 is 33.6 Å². The summed E-state index contributed by atoms with van der Waals surface area (Å²) in [5.41, 5.74) is 1.27. The number of hydrogen-bond donors (Lipinski definition) is 2. The average Bonchev–Trinajstić information content (AvgIpc) is 2.62. The van der Waals surface area contributed by atoms with Crippen LogP contribution in [0, 0.1) is 0 Å². The zero-order valence-corrected chi connectivity index (χ0v) is 11.7. The molecule has 100 valence electrons. The van der Waals surface area contributed by atoms with Gasteiger partial charge in [0.15, 0.2) is 0 Å². The minimum atomic E-state index is -0.913. The molecule has 0 aromatic heterocycles. The number of nitrogens with zero attached hydrogens (tertiary/aromatic N) is 1. The lowest BCUT2D eigenvalue weighted by Gasteiger charge is -2.36. The minimum absolute atomic E-state index is 0.00867. The Morgan fingerprint density at radius 1 is 1.37 bits per heavy atom. The molecule has 2 aliphatic rings. The van der Waals surface area contributed by atoms with E-state index in [2.05, 4.69) is 21.2 Å². The highest BCUT2D eigenvalue weighted by molar-refractivity contribution is 9.10. The number of carboxylic acid groups (broad SMARTS) is 1. The molecule has 5 nitrogen and oxygen atoms in total. The summed E-state index contributed by atoms with van der Waals surface area (Å²) in [6.07, 6.45) is 0.170. The third kappa shape index (κ3) is 1.82. The second-order valence-electron chi connectivity index (χ2n) is 5.00. The standard InChI is InChI=1S/C13H13BrN2O3/c14-8-1-2-9-10(7-8)15-11(17)13(9)3-5-16(6-4-13)12(18)19/h1-2,7H,3-6H2,(H,15,17)(H,18,19). The SMILES string of the molecule is O=C(O)N1CCC2(CC1)C(=O)Nc1cc(Br)ccc12. The van der Waals surface area contributed by atoms with E-state index in [9.17, 15) is 9.59 Å². The van der Waals surface area contributed by atoms with Gasteiger partial charge in [-0.2, -0.15) is 0 Å². The number of amides is 2. The van der Waals surface area contributed by atoms with Gasteiger partial charge >= 0.3 is 6.09 Å². The molecule has 0 radical (unpaired) electrons. The van der Waals surface area contributed by atoms with E-state index in [1.807, 2.05) is 18.2 Å². The summed E-state index contributed by atoms with van der Waals surface area (Å²) in [5.74, 6) is -0.00867. The minimum Gasteiger partial charge on any atom is -0.465 e. The van der Waals surface area contributed by atoms with Crippen LogP contribution < -0.4 is 5.32 Å². The number of rotatable bonds is 0.